The van der Waals surface area contributed by atoms with Crippen LogP contribution in [0.15, 0.2) is 36.9 Å². The summed E-state index contributed by atoms with van der Waals surface area (Å²) < 4.78 is 0. The van der Waals surface area contributed by atoms with E-state index in [2.05, 4.69) is 20.6 Å². The third kappa shape index (κ3) is 3.07. The highest BCUT2D eigenvalue weighted by molar-refractivity contribution is 5.99. The molecule has 0 saturated carbocycles. The molecule has 0 aliphatic heterocycles. The largest absolute Gasteiger partial charge is 0.386 e. The highest BCUT2D eigenvalue weighted by Gasteiger charge is 2.10. The number of pyridine rings is 2. The Morgan fingerprint density at radius 1 is 1.21 bits per heavy atom. The average molecular weight is 256 g/mol. The van der Waals surface area contributed by atoms with Gasteiger partial charge in [-0.1, -0.05) is 0 Å². The Balaban J connectivity index is 2.08. The Bertz CT molecular complexity index is 583. The lowest BCUT2D eigenvalue weighted by Crippen LogP contribution is -2.24. The normalized spacial score (nSPS) is 10.0. The predicted octanol–water partition coefficient (Wildman–Crippen LogP) is 1.76. The van der Waals surface area contributed by atoms with Gasteiger partial charge in [-0.25, -0.2) is 0 Å². The van der Waals surface area contributed by atoms with Crippen LogP contribution in [0.5, 0.6) is 0 Å². The molecule has 0 unspecified atom stereocenters. The maximum atomic E-state index is 12.1. The Hall–Kier alpha value is -2.43. The van der Waals surface area contributed by atoms with Crippen molar-refractivity contribution in [2.75, 3.05) is 12.4 Å². The van der Waals surface area contributed by atoms with E-state index >= 15 is 0 Å². The lowest BCUT2D eigenvalue weighted by molar-refractivity contribution is 0.0951. The van der Waals surface area contributed by atoms with Gasteiger partial charge in [-0.2, -0.15) is 0 Å². The minimum Gasteiger partial charge on any atom is -0.386 e. The highest BCUT2D eigenvalue weighted by atomic mass is 16.1. The van der Waals surface area contributed by atoms with Crippen molar-refractivity contribution >= 4 is 11.6 Å². The van der Waals surface area contributed by atoms with Crippen molar-refractivity contribution in [3.05, 3.63) is 53.6 Å². The molecule has 0 radical (unpaired) electrons. The monoisotopic (exact) mass is 256 g/mol. The number of nitrogens with one attached hydrogen (secondary N) is 2. The fourth-order valence-electron chi connectivity index (χ4n) is 1.74. The number of aryl methyl sites for hydroxylation is 1. The van der Waals surface area contributed by atoms with Gasteiger partial charge in [0.2, 0.25) is 0 Å². The fourth-order valence-corrected chi connectivity index (χ4v) is 1.74. The maximum absolute atomic E-state index is 12.1. The molecule has 19 heavy (non-hydrogen) atoms. The molecule has 0 spiro atoms. The van der Waals surface area contributed by atoms with Crippen LogP contribution in [0, 0.1) is 6.92 Å². The summed E-state index contributed by atoms with van der Waals surface area (Å²) in [5, 5.41) is 5.83. The topological polar surface area (TPSA) is 66.9 Å². The second kappa shape index (κ2) is 5.95. The molecule has 2 aromatic heterocycles. The molecule has 0 fully saturated rings. The molecule has 2 aromatic rings. The first-order chi connectivity index (χ1) is 9.22. The molecule has 0 aromatic carbocycles. The van der Waals surface area contributed by atoms with Crippen LogP contribution in [0.25, 0.3) is 0 Å². The quantitative estimate of drug-likeness (QED) is 0.874. The predicted molar refractivity (Wildman–Crippen MR) is 73.9 cm³/mol. The summed E-state index contributed by atoms with van der Waals surface area (Å²) in [6, 6.07) is 3.62. The van der Waals surface area contributed by atoms with Gasteiger partial charge >= 0.3 is 0 Å². The summed E-state index contributed by atoms with van der Waals surface area (Å²) in [4.78, 5) is 20.1. The molecule has 0 aliphatic rings. The molecule has 1 amide bonds. The van der Waals surface area contributed by atoms with Crippen LogP contribution in [-0.2, 0) is 6.54 Å². The lowest BCUT2D eigenvalue weighted by Gasteiger charge is -2.10. The summed E-state index contributed by atoms with van der Waals surface area (Å²) in [6.45, 7) is 2.46. The van der Waals surface area contributed by atoms with Crippen molar-refractivity contribution in [2.45, 2.75) is 13.5 Å². The van der Waals surface area contributed by atoms with Crippen LogP contribution < -0.4 is 10.6 Å². The highest BCUT2D eigenvalue weighted by Crippen LogP contribution is 2.12. The second-order valence-electron chi connectivity index (χ2n) is 4.16. The first kappa shape index (κ1) is 13.0. The van der Waals surface area contributed by atoms with Gasteiger partial charge in [-0.3, -0.25) is 14.8 Å². The second-order valence-corrected chi connectivity index (χ2v) is 4.16. The molecule has 98 valence electrons. The maximum Gasteiger partial charge on any atom is 0.253 e. The molecule has 2 N–H and O–H groups in total. The molecule has 5 heteroatoms. The Labute approximate surface area is 112 Å². The SMILES string of the molecule is CNc1cnccc1C(=O)NCc1cnccc1C. The van der Waals surface area contributed by atoms with E-state index in [-0.39, 0.29) is 5.91 Å². The van der Waals surface area contributed by atoms with E-state index in [4.69, 9.17) is 0 Å². The van der Waals surface area contributed by atoms with E-state index in [9.17, 15) is 4.79 Å². The van der Waals surface area contributed by atoms with Gasteiger partial charge in [0.25, 0.3) is 5.91 Å². The first-order valence-electron chi connectivity index (χ1n) is 6.02. The molecule has 2 rings (SSSR count). The molecule has 5 nitrogen and oxygen atoms in total. The number of carbonyl (C=O) groups is 1. The summed E-state index contributed by atoms with van der Waals surface area (Å²) in [7, 11) is 1.76. The van der Waals surface area contributed by atoms with Crippen molar-refractivity contribution in [1.82, 2.24) is 15.3 Å². The van der Waals surface area contributed by atoms with E-state index in [1.165, 1.54) is 0 Å². The summed E-state index contributed by atoms with van der Waals surface area (Å²) in [6.07, 6.45) is 6.74. The van der Waals surface area contributed by atoms with E-state index in [1.807, 2.05) is 13.0 Å². The third-order valence-electron chi connectivity index (χ3n) is 2.92. The third-order valence-corrected chi connectivity index (χ3v) is 2.92. The van der Waals surface area contributed by atoms with Gasteiger partial charge in [-0.15, -0.1) is 0 Å². The first-order valence-corrected chi connectivity index (χ1v) is 6.02. The minimum absolute atomic E-state index is 0.130. The number of anilines is 1. The molecular formula is C14H16N4O. The molecular weight excluding hydrogens is 240 g/mol. The number of rotatable bonds is 4. The van der Waals surface area contributed by atoms with Gasteiger partial charge in [0, 0.05) is 32.2 Å². The van der Waals surface area contributed by atoms with E-state index in [1.54, 1.807) is 37.9 Å². The van der Waals surface area contributed by atoms with Crippen molar-refractivity contribution < 1.29 is 4.79 Å². The standard InChI is InChI=1S/C14H16N4O/c1-10-3-5-16-7-11(10)8-18-14(19)12-4-6-17-9-13(12)15-2/h3-7,9,15H,8H2,1-2H3,(H,18,19). The van der Waals surface area contributed by atoms with Gasteiger partial charge < -0.3 is 10.6 Å². The van der Waals surface area contributed by atoms with Crippen molar-refractivity contribution in [2.24, 2.45) is 0 Å². The van der Waals surface area contributed by atoms with Crippen LogP contribution in [0.2, 0.25) is 0 Å². The van der Waals surface area contributed by atoms with Gasteiger partial charge in [0.1, 0.15) is 0 Å². The number of hydrogen-bond donors (Lipinski definition) is 2. The van der Waals surface area contributed by atoms with Gasteiger partial charge in [0.05, 0.1) is 17.4 Å². The van der Waals surface area contributed by atoms with Crippen molar-refractivity contribution in [3.8, 4) is 0 Å². The van der Waals surface area contributed by atoms with Crippen LogP contribution in [0.4, 0.5) is 5.69 Å². The molecule has 0 bridgehead atoms. The number of hydrogen-bond acceptors (Lipinski definition) is 4. The van der Waals surface area contributed by atoms with Crippen molar-refractivity contribution in [1.29, 1.82) is 0 Å². The number of carbonyl (C=O) groups excluding carboxylic acids is 1. The van der Waals surface area contributed by atoms with Crippen LogP contribution >= 0.6 is 0 Å². The van der Waals surface area contributed by atoms with Gasteiger partial charge in [-0.05, 0) is 30.2 Å². The summed E-state index contributed by atoms with van der Waals surface area (Å²) >= 11 is 0. The smallest absolute Gasteiger partial charge is 0.253 e. The summed E-state index contributed by atoms with van der Waals surface area (Å²) in [5.74, 6) is -0.130. The molecule has 0 aliphatic carbocycles. The zero-order chi connectivity index (χ0) is 13.7. The average Bonchev–Trinajstić information content (AvgIpc) is 2.46. The minimum atomic E-state index is -0.130. The summed E-state index contributed by atoms with van der Waals surface area (Å²) in [5.41, 5.74) is 3.41. The zero-order valence-corrected chi connectivity index (χ0v) is 11.0. The Kier molecular flexibility index (Phi) is 4.07. The molecule has 2 heterocycles. The van der Waals surface area contributed by atoms with Crippen LogP contribution in [-0.4, -0.2) is 22.9 Å². The van der Waals surface area contributed by atoms with E-state index in [0.717, 1.165) is 11.1 Å². The van der Waals surface area contributed by atoms with E-state index in [0.29, 0.717) is 17.8 Å². The Morgan fingerprint density at radius 3 is 2.68 bits per heavy atom. The number of amides is 1. The van der Waals surface area contributed by atoms with Crippen LogP contribution in [0.1, 0.15) is 21.5 Å². The molecule has 0 atom stereocenters. The number of aromatic nitrogens is 2. The lowest BCUT2D eigenvalue weighted by atomic mass is 10.1. The van der Waals surface area contributed by atoms with Crippen molar-refractivity contribution in [3.63, 3.8) is 0 Å². The van der Waals surface area contributed by atoms with E-state index < -0.39 is 0 Å². The zero-order valence-electron chi connectivity index (χ0n) is 11.0. The number of nitrogens with zero attached hydrogens (tertiary/aromatic N) is 2. The van der Waals surface area contributed by atoms with Gasteiger partial charge in [0.15, 0.2) is 0 Å². The van der Waals surface area contributed by atoms with Crippen LogP contribution in [0.3, 0.4) is 0 Å². The fraction of sp³-hybridized carbons (Fsp3) is 0.214. The molecule has 0 saturated heterocycles. The Morgan fingerprint density at radius 2 is 1.95 bits per heavy atom.